The van der Waals surface area contributed by atoms with E-state index in [1.165, 1.54) is 11.3 Å². The van der Waals surface area contributed by atoms with Gasteiger partial charge in [-0.05, 0) is 35.7 Å². The minimum absolute atomic E-state index is 0.259. The maximum atomic E-state index is 12.1. The number of likely N-dealkylation sites (N-methyl/N-ethyl adjacent to an activating group) is 1. The molecule has 0 fully saturated rings. The van der Waals surface area contributed by atoms with E-state index in [-0.39, 0.29) is 6.54 Å². The van der Waals surface area contributed by atoms with E-state index in [1.54, 1.807) is 31.7 Å². The van der Waals surface area contributed by atoms with Crippen molar-refractivity contribution in [1.82, 2.24) is 14.9 Å². The van der Waals surface area contributed by atoms with Crippen LogP contribution >= 0.6 is 11.3 Å². The van der Waals surface area contributed by atoms with Crippen molar-refractivity contribution >= 4 is 27.3 Å². The minimum atomic E-state index is -3.45. The molecule has 2 rings (SSSR count). The smallest absolute Gasteiger partial charge is 0.250 e. The zero-order valence-corrected chi connectivity index (χ0v) is 17.8. The summed E-state index contributed by atoms with van der Waals surface area (Å²) in [6, 6.07) is 10.7. The molecule has 0 aliphatic heterocycles. The molecule has 0 saturated heterocycles. The molecule has 0 saturated carbocycles. The number of methoxy groups -OCH3 is 1. The Labute approximate surface area is 170 Å². The molecule has 10 heteroatoms. The van der Waals surface area contributed by atoms with Crippen molar-refractivity contribution in [3.8, 4) is 11.5 Å². The molecule has 0 bridgehead atoms. The predicted octanol–water partition coefficient (Wildman–Crippen LogP) is 1.62. The Bertz CT molecular complexity index is 837. The summed E-state index contributed by atoms with van der Waals surface area (Å²) >= 11 is 1.19. The summed E-state index contributed by atoms with van der Waals surface area (Å²) in [6.07, 6.45) is 0. The van der Waals surface area contributed by atoms with Crippen LogP contribution in [0.25, 0.3) is 0 Å². The number of rotatable bonds is 10. The van der Waals surface area contributed by atoms with E-state index in [9.17, 15) is 8.42 Å². The third-order valence-electron chi connectivity index (χ3n) is 3.79. The van der Waals surface area contributed by atoms with Crippen molar-refractivity contribution in [3.63, 3.8) is 0 Å². The second kappa shape index (κ2) is 10.9. The molecule has 1 heterocycles. The number of sulfonamides is 1. The van der Waals surface area contributed by atoms with Gasteiger partial charge in [-0.2, -0.15) is 0 Å². The number of thiophene rings is 1. The van der Waals surface area contributed by atoms with Crippen molar-refractivity contribution in [3.05, 3.63) is 41.8 Å². The highest BCUT2D eigenvalue weighted by Crippen LogP contribution is 2.17. The summed E-state index contributed by atoms with van der Waals surface area (Å²) < 4.78 is 37.8. The zero-order valence-electron chi connectivity index (χ0n) is 16.2. The van der Waals surface area contributed by atoms with E-state index in [0.29, 0.717) is 29.9 Å². The number of hydrogen-bond acceptors (Lipinski definition) is 6. The average molecular weight is 427 g/mol. The molecule has 1 aromatic heterocycles. The quantitative estimate of drug-likeness (QED) is 0.341. The molecule has 0 aliphatic rings. The van der Waals surface area contributed by atoms with Crippen molar-refractivity contribution in [2.45, 2.75) is 4.21 Å². The van der Waals surface area contributed by atoms with Crippen LogP contribution in [0.15, 0.2) is 51.0 Å². The molecule has 0 spiro atoms. The van der Waals surface area contributed by atoms with Gasteiger partial charge in [0.15, 0.2) is 5.96 Å². The van der Waals surface area contributed by atoms with Gasteiger partial charge in [0.2, 0.25) is 10.0 Å². The van der Waals surface area contributed by atoms with Gasteiger partial charge in [-0.25, -0.2) is 13.1 Å². The molecule has 0 unspecified atom stereocenters. The van der Waals surface area contributed by atoms with Crippen molar-refractivity contribution in [1.29, 1.82) is 0 Å². The van der Waals surface area contributed by atoms with E-state index in [0.717, 1.165) is 11.5 Å². The summed E-state index contributed by atoms with van der Waals surface area (Å²) in [5, 5.41) is 4.86. The number of guanidine groups is 1. The predicted molar refractivity (Wildman–Crippen MR) is 112 cm³/mol. The average Bonchev–Trinajstić information content (AvgIpc) is 3.24. The molecule has 2 aromatic rings. The van der Waals surface area contributed by atoms with Crippen LogP contribution < -0.4 is 19.5 Å². The van der Waals surface area contributed by atoms with Gasteiger partial charge >= 0.3 is 0 Å². The fourth-order valence-electron chi connectivity index (χ4n) is 2.31. The Morgan fingerprint density at radius 2 is 1.89 bits per heavy atom. The fraction of sp³-hybridized carbons (Fsp3) is 0.389. The maximum Gasteiger partial charge on any atom is 0.250 e. The van der Waals surface area contributed by atoms with Crippen molar-refractivity contribution < 1.29 is 17.9 Å². The Morgan fingerprint density at radius 3 is 2.50 bits per heavy atom. The molecule has 0 amide bonds. The second-order valence-corrected chi connectivity index (χ2v) is 8.69. The Morgan fingerprint density at radius 1 is 1.18 bits per heavy atom. The number of nitrogens with zero attached hydrogens (tertiary/aromatic N) is 2. The maximum absolute atomic E-state index is 12.1. The standard InChI is InChI=1S/C18H26N4O4S2/c1-19-18(20-10-11-21-28(23,24)17-5-4-14-27-17)22(2)12-13-26-16-8-6-15(25-3)7-9-16/h4-9,14,21H,10-13H2,1-3H3,(H,19,20). The van der Waals surface area contributed by atoms with Gasteiger partial charge in [0.25, 0.3) is 0 Å². The first kappa shape index (κ1) is 22.0. The third kappa shape index (κ3) is 6.70. The van der Waals surface area contributed by atoms with E-state index in [1.807, 2.05) is 36.2 Å². The lowest BCUT2D eigenvalue weighted by molar-refractivity contribution is 0.281. The first-order valence-corrected chi connectivity index (χ1v) is 11.0. The largest absolute Gasteiger partial charge is 0.497 e. The van der Waals surface area contributed by atoms with Crippen molar-refractivity contribution in [2.75, 3.05) is 47.4 Å². The third-order valence-corrected chi connectivity index (χ3v) is 6.65. The molecule has 0 aliphatic carbocycles. The second-order valence-electron chi connectivity index (χ2n) is 5.75. The van der Waals surface area contributed by atoms with Gasteiger partial charge in [-0.15, -0.1) is 11.3 Å². The highest BCUT2D eigenvalue weighted by Gasteiger charge is 2.14. The number of benzene rings is 1. The highest BCUT2D eigenvalue weighted by molar-refractivity contribution is 7.91. The van der Waals surface area contributed by atoms with E-state index in [2.05, 4.69) is 15.0 Å². The molecule has 28 heavy (non-hydrogen) atoms. The van der Waals surface area contributed by atoms with Crippen LogP contribution in [0.2, 0.25) is 0 Å². The highest BCUT2D eigenvalue weighted by atomic mass is 32.2. The van der Waals surface area contributed by atoms with Gasteiger partial charge < -0.3 is 19.7 Å². The van der Waals surface area contributed by atoms with Crippen molar-refractivity contribution in [2.24, 2.45) is 4.99 Å². The van der Waals surface area contributed by atoms with Gasteiger partial charge in [-0.1, -0.05) is 6.07 Å². The fourth-order valence-corrected chi connectivity index (χ4v) is 4.38. The van der Waals surface area contributed by atoms with Crippen LogP contribution in [-0.2, 0) is 10.0 Å². The molecule has 8 nitrogen and oxygen atoms in total. The van der Waals surface area contributed by atoms with Crippen LogP contribution in [0.1, 0.15) is 0 Å². The molecule has 2 N–H and O–H groups in total. The summed E-state index contributed by atoms with van der Waals surface area (Å²) in [5.41, 5.74) is 0. The van der Waals surface area contributed by atoms with Crippen LogP contribution in [0.4, 0.5) is 0 Å². The lowest BCUT2D eigenvalue weighted by atomic mass is 10.3. The SMILES string of the molecule is CN=C(NCCNS(=O)(=O)c1cccs1)N(C)CCOc1ccc(OC)cc1. The number of aliphatic imine (C=N–C) groups is 1. The Balaban J connectivity index is 1.70. The topological polar surface area (TPSA) is 92.3 Å². The first-order valence-electron chi connectivity index (χ1n) is 8.68. The van der Waals surface area contributed by atoms with E-state index < -0.39 is 10.0 Å². The lowest BCUT2D eigenvalue weighted by Gasteiger charge is -2.22. The molecule has 0 atom stereocenters. The number of nitrogens with one attached hydrogen (secondary N) is 2. The normalized spacial score (nSPS) is 11.9. The van der Waals surface area contributed by atoms with Crippen LogP contribution in [0.3, 0.4) is 0 Å². The molecule has 154 valence electrons. The van der Waals surface area contributed by atoms with E-state index >= 15 is 0 Å². The van der Waals surface area contributed by atoms with Crippen LogP contribution in [0.5, 0.6) is 11.5 Å². The molecular weight excluding hydrogens is 400 g/mol. The van der Waals surface area contributed by atoms with Gasteiger partial charge in [0.1, 0.15) is 22.3 Å². The van der Waals surface area contributed by atoms with Gasteiger partial charge in [0.05, 0.1) is 13.7 Å². The van der Waals surface area contributed by atoms with Gasteiger partial charge in [-0.3, -0.25) is 4.99 Å². The lowest BCUT2D eigenvalue weighted by Crippen LogP contribution is -2.43. The van der Waals surface area contributed by atoms with E-state index in [4.69, 9.17) is 9.47 Å². The minimum Gasteiger partial charge on any atom is -0.497 e. The summed E-state index contributed by atoms with van der Waals surface area (Å²) in [5.74, 6) is 2.21. The summed E-state index contributed by atoms with van der Waals surface area (Å²) in [7, 11) is 1.75. The Hall–Kier alpha value is -2.30. The molecular formula is C18H26N4O4S2. The summed E-state index contributed by atoms with van der Waals surface area (Å²) in [4.78, 5) is 6.12. The Kier molecular flexibility index (Phi) is 8.55. The van der Waals surface area contributed by atoms with Crippen LogP contribution in [0, 0.1) is 0 Å². The zero-order chi connectivity index (χ0) is 20.4. The van der Waals surface area contributed by atoms with Crippen LogP contribution in [-0.4, -0.2) is 66.7 Å². The number of ether oxygens (including phenoxy) is 2. The monoisotopic (exact) mass is 426 g/mol. The van der Waals surface area contributed by atoms with Gasteiger partial charge in [0, 0.05) is 27.2 Å². The molecule has 1 aromatic carbocycles. The first-order chi connectivity index (χ1) is 13.5. The summed E-state index contributed by atoms with van der Waals surface area (Å²) in [6.45, 7) is 1.78. The number of hydrogen-bond donors (Lipinski definition) is 2. The molecule has 0 radical (unpaired) electrons.